The third kappa shape index (κ3) is 2.86. The summed E-state index contributed by atoms with van der Waals surface area (Å²) >= 11 is 0. The van der Waals surface area contributed by atoms with Crippen LogP contribution in [-0.4, -0.2) is 23.3 Å². The van der Waals surface area contributed by atoms with E-state index in [9.17, 15) is 13.6 Å². The molecule has 2 bridgehead atoms. The van der Waals surface area contributed by atoms with E-state index < -0.39 is 23.2 Å². The summed E-state index contributed by atoms with van der Waals surface area (Å²) in [6.45, 7) is 0.178. The summed E-state index contributed by atoms with van der Waals surface area (Å²) in [4.78, 5) is 12.2. The van der Waals surface area contributed by atoms with Gasteiger partial charge in [-0.15, -0.1) is 0 Å². The molecule has 2 saturated carbocycles. The van der Waals surface area contributed by atoms with Gasteiger partial charge < -0.3 is 9.84 Å². The number of carbonyl (C=O) groups is 1. The monoisotopic (exact) mass is 310 g/mol. The molecule has 0 radical (unpaired) electrons. The fourth-order valence-electron chi connectivity index (χ4n) is 4.13. The Balaban J connectivity index is 1.70. The van der Waals surface area contributed by atoms with E-state index in [1.807, 2.05) is 0 Å². The standard InChI is InChI=1S/C17H20F2O3/c18-13-8-12(9-14(19)10-13)15(21)22-17-5-3-16(11-17,4-6-17)2-1-7-20/h8-10,20H,1-7,11H2. The molecule has 22 heavy (non-hydrogen) atoms. The maximum Gasteiger partial charge on any atom is 0.338 e. The van der Waals surface area contributed by atoms with E-state index >= 15 is 0 Å². The number of benzene rings is 1. The van der Waals surface area contributed by atoms with Crippen LogP contribution in [0.5, 0.6) is 0 Å². The van der Waals surface area contributed by atoms with Crippen LogP contribution in [0.25, 0.3) is 0 Å². The maximum absolute atomic E-state index is 13.2. The largest absolute Gasteiger partial charge is 0.455 e. The van der Waals surface area contributed by atoms with E-state index in [0.717, 1.165) is 63.1 Å². The third-order valence-electron chi connectivity index (χ3n) is 5.19. The Morgan fingerprint density at radius 1 is 1.14 bits per heavy atom. The van der Waals surface area contributed by atoms with Crippen LogP contribution in [0.15, 0.2) is 18.2 Å². The minimum absolute atomic E-state index is 0.0772. The Morgan fingerprint density at radius 3 is 2.36 bits per heavy atom. The van der Waals surface area contributed by atoms with Crippen LogP contribution in [0.4, 0.5) is 8.78 Å². The van der Waals surface area contributed by atoms with Crippen LogP contribution in [0.2, 0.25) is 0 Å². The normalized spacial score (nSPS) is 29.8. The molecule has 3 nitrogen and oxygen atoms in total. The van der Waals surface area contributed by atoms with Gasteiger partial charge in [-0.05, 0) is 62.5 Å². The summed E-state index contributed by atoms with van der Waals surface area (Å²) in [6.07, 6.45) is 6.06. The van der Waals surface area contributed by atoms with Crippen molar-refractivity contribution < 1.29 is 23.4 Å². The molecule has 0 aromatic heterocycles. The molecule has 0 amide bonds. The zero-order valence-corrected chi connectivity index (χ0v) is 12.4. The van der Waals surface area contributed by atoms with Crippen molar-refractivity contribution in [3.8, 4) is 0 Å². The number of hydrogen-bond acceptors (Lipinski definition) is 3. The van der Waals surface area contributed by atoms with Crippen LogP contribution in [-0.2, 0) is 4.74 Å². The van der Waals surface area contributed by atoms with Gasteiger partial charge in [-0.3, -0.25) is 0 Å². The van der Waals surface area contributed by atoms with Crippen molar-refractivity contribution in [2.75, 3.05) is 6.61 Å². The van der Waals surface area contributed by atoms with Crippen molar-refractivity contribution in [2.24, 2.45) is 5.41 Å². The van der Waals surface area contributed by atoms with E-state index in [0.29, 0.717) is 0 Å². The van der Waals surface area contributed by atoms with Gasteiger partial charge in [0.1, 0.15) is 17.2 Å². The molecule has 2 fully saturated rings. The SMILES string of the molecule is O=C(OC12CCC(CCCO)(CC1)C2)c1cc(F)cc(F)c1. The number of carbonyl (C=O) groups excluding carboxylic acids is 1. The number of esters is 1. The quantitative estimate of drug-likeness (QED) is 0.845. The zero-order valence-electron chi connectivity index (χ0n) is 12.4. The molecule has 3 rings (SSSR count). The molecule has 120 valence electrons. The summed E-state index contributed by atoms with van der Waals surface area (Å²) in [6, 6.07) is 2.75. The van der Waals surface area contributed by atoms with Gasteiger partial charge in [0.2, 0.25) is 0 Å². The van der Waals surface area contributed by atoms with Gasteiger partial charge in [0, 0.05) is 12.7 Å². The first-order valence-corrected chi connectivity index (χ1v) is 7.76. The van der Waals surface area contributed by atoms with Gasteiger partial charge in [-0.2, -0.15) is 0 Å². The average molecular weight is 310 g/mol. The lowest BCUT2D eigenvalue weighted by atomic mass is 9.80. The Labute approximate surface area is 128 Å². The number of ether oxygens (including phenoxy) is 1. The first-order valence-electron chi connectivity index (χ1n) is 7.76. The number of fused-ring (bicyclic) bond motifs is 2. The minimum atomic E-state index is -0.778. The Kier molecular flexibility index (Phi) is 3.93. The maximum atomic E-state index is 13.2. The fraction of sp³-hybridized carbons (Fsp3) is 0.588. The van der Waals surface area contributed by atoms with Crippen LogP contribution in [0, 0.1) is 17.0 Å². The molecule has 1 aromatic carbocycles. The molecular formula is C17H20F2O3. The molecule has 1 N–H and O–H groups in total. The van der Waals surface area contributed by atoms with Crippen molar-refractivity contribution in [1.29, 1.82) is 0 Å². The minimum Gasteiger partial charge on any atom is -0.455 e. The second-order valence-electron chi connectivity index (χ2n) is 6.73. The van der Waals surface area contributed by atoms with Crippen molar-refractivity contribution in [1.82, 2.24) is 0 Å². The molecule has 2 aliphatic carbocycles. The zero-order chi connectivity index (χ0) is 15.8. The lowest BCUT2D eigenvalue weighted by Gasteiger charge is -2.27. The predicted molar refractivity (Wildman–Crippen MR) is 76.3 cm³/mol. The Morgan fingerprint density at radius 2 is 1.77 bits per heavy atom. The van der Waals surface area contributed by atoms with Crippen molar-refractivity contribution in [3.05, 3.63) is 35.4 Å². The lowest BCUT2D eigenvalue weighted by molar-refractivity contribution is -0.0133. The second-order valence-corrected chi connectivity index (χ2v) is 6.73. The summed E-state index contributed by atoms with van der Waals surface area (Å²) in [5, 5.41) is 9.00. The Hall–Kier alpha value is -1.49. The molecule has 0 unspecified atom stereocenters. The first-order chi connectivity index (χ1) is 10.5. The van der Waals surface area contributed by atoms with E-state index in [1.165, 1.54) is 0 Å². The summed E-state index contributed by atoms with van der Waals surface area (Å²) < 4.78 is 32.1. The van der Waals surface area contributed by atoms with Gasteiger partial charge in [0.05, 0.1) is 5.56 Å². The van der Waals surface area contributed by atoms with Gasteiger partial charge >= 0.3 is 5.97 Å². The molecule has 2 aliphatic rings. The highest BCUT2D eigenvalue weighted by atomic mass is 19.1. The third-order valence-corrected chi connectivity index (χ3v) is 5.19. The molecule has 0 saturated heterocycles. The Bertz CT molecular complexity index is 557. The fourth-order valence-corrected chi connectivity index (χ4v) is 4.13. The highest BCUT2D eigenvalue weighted by Crippen LogP contribution is 2.60. The molecule has 0 spiro atoms. The summed E-state index contributed by atoms with van der Waals surface area (Å²) in [5.41, 5.74) is -0.405. The lowest BCUT2D eigenvalue weighted by Crippen LogP contribution is -2.30. The second kappa shape index (κ2) is 5.61. The van der Waals surface area contributed by atoms with E-state index in [2.05, 4.69) is 0 Å². The van der Waals surface area contributed by atoms with Crippen molar-refractivity contribution >= 4 is 5.97 Å². The van der Waals surface area contributed by atoms with Gasteiger partial charge in [-0.1, -0.05) is 0 Å². The van der Waals surface area contributed by atoms with Crippen LogP contribution >= 0.6 is 0 Å². The number of rotatable bonds is 5. The predicted octanol–water partition coefficient (Wildman–Crippen LogP) is 3.60. The smallest absolute Gasteiger partial charge is 0.338 e. The topological polar surface area (TPSA) is 46.5 Å². The number of hydrogen-bond donors (Lipinski definition) is 1. The van der Waals surface area contributed by atoms with E-state index in [-0.39, 0.29) is 17.6 Å². The summed E-state index contributed by atoms with van der Waals surface area (Å²) in [5.74, 6) is -2.21. The van der Waals surface area contributed by atoms with E-state index in [1.54, 1.807) is 0 Å². The van der Waals surface area contributed by atoms with Gasteiger partial charge in [-0.25, -0.2) is 13.6 Å². The van der Waals surface area contributed by atoms with Crippen LogP contribution in [0.3, 0.4) is 0 Å². The van der Waals surface area contributed by atoms with Crippen LogP contribution in [0.1, 0.15) is 55.3 Å². The first kappa shape index (κ1) is 15.4. The highest BCUT2D eigenvalue weighted by molar-refractivity contribution is 5.89. The highest BCUT2D eigenvalue weighted by Gasteiger charge is 2.56. The van der Waals surface area contributed by atoms with Gasteiger partial charge in [0.15, 0.2) is 0 Å². The molecule has 1 aromatic rings. The molecule has 0 aliphatic heterocycles. The van der Waals surface area contributed by atoms with Crippen LogP contribution < -0.4 is 0 Å². The van der Waals surface area contributed by atoms with E-state index in [4.69, 9.17) is 9.84 Å². The molecule has 0 atom stereocenters. The number of aliphatic hydroxyl groups is 1. The average Bonchev–Trinajstić information content (AvgIpc) is 3.00. The molecule has 5 heteroatoms. The number of aliphatic hydroxyl groups excluding tert-OH is 1. The molecular weight excluding hydrogens is 290 g/mol. The van der Waals surface area contributed by atoms with Gasteiger partial charge in [0.25, 0.3) is 0 Å². The number of halogens is 2. The summed E-state index contributed by atoms with van der Waals surface area (Å²) in [7, 11) is 0. The van der Waals surface area contributed by atoms with Crippen molar-refractivity contribution in [3.63, 3.8) is 0 Å². The van der Waals surface area contributed by atoms with Crippen molar-refractivity contribution in [2.45, 2.75) is 50.5 Å². The molecule has 0 heterocycles.